The fourth-order valence-corrected chi connectivity index (χ4v) is 8.19. The molecule has 1 aliphatic rings. The molecule has 2 nitrogen and oxygen atoms in total. The summed E-state index contributed by atoms with van der Waals surface area (Å²) >= 11 is 0. The fraction of sp³-hybridized carbons (Fsp3) is 0.0638. The van der Waals surface area contributed by atoms with Crippen LogP contribution >= 0.6 is 0 Å². The average molecular weight is 628 g/mol. The van der Waals surface area contributed by atoms with Crippen molar-refractivity contribution in [3.63, 3.8) is 0 Å². The lowest BCUT2D eigenvalue weighted by Gasteiger charge is -2.29. The van der Waals surface area contributed by atoms with Gasteiger partial charge in [-0.3, -0.25) is 0 Å². The van der Waals surface area contributed by atoms with Crippen molar-refractivity contribution >= 4 is 60.5 Å². The van der Waals surface area contributed by atoms with Gasteiger partial charge in [0, 0.05) is 32.9 Å². The van der Waals surface area contributed by atoms with Crippen molar-refractivity contribution in [2.45, 2.75) is 19.3 Å². The molecule has 9 aromatic rings. The first-order valence-corrected chi connectivity index (χ1v) is 17.0. The van der Waals surface area contributed by atoms with Gasteiger partial charge in [-0.15, -0.1) is 0 Å². The third-order valence-corrected chi connectivity index (χ3v) is 10.6. The molecule has 8 aromatic carbocycles. The van der Waals surface area contributed by atoms with Gasteiger partial charge in [-0.25, -0.2) is 0 Å². The third-order valence-electron chi connectivity index (χ3n) is 10.6. The second kappa shape index (κ2) is 10.4. The maximum absolute atomic E-state index is 6.12. The molecule has 0 fully saturated rings. The topological polar surface area (TPSA) is 16.4 Å². The molecule has 0 spiro atoms. The molecule has 0 radical (unpaired) electrons. The van der Waals surface area contributed by atoms with E-state index in [2.05, 4.69) is 170 Å². The van der Waals surface area contributed by atoms with Gasteiger partial charge in [-0.05, 0) is 98.1 Å². The largest absolute Gasteiger partial charge is 0.456 e. The molecule has 0 atom stereocenters. The van der Waals surface area contributed by atoms with E-state index in [1.165, 1.54) is 60.6 Å². The van der Waals surface area contributed by atoms with Gasteiger partial charge in [0.25, 0.3) is 0 Å². The molecule has 0 amide bonds. The van der Waals surface area contributed by atoms with E-state index in [1.807, 2.05) is 12.1 Å². The Hall–Kier alpha value is -6.12. The van der Waals surface area contributed by atoms with Gasteiger partial charge >= 0.3 is 0 Å². The molecular formula is C47H33NO. The van der Waals surface area contributed by atoms with E-state index in [-0.39, 0.29) is 5.41 Å². The average Bonchev–Trinajstić information content (AvgIpc) is 3.63. The maximum Gasteiger partial charge on any atom is 0.135 e. The van der Waals surface area contributed by atoms with E-state index >= 15 is 0 Å². The summed E-state index contributed by atoms with van der Waals surface area (Å²) in [5, 5.41) is 7.27. The van der Waals surface area contributed by atoms with Crippen LogP contribution in [0.1, 0.15) is 25.0 Å². The Bertz CT molecular complexity index is 2750. The minimum Gasteiger partial charge on any atom is -0.456 e. The van der Waals surface area contributed by atoms with Crippen LogP contribution in [-0.4, -0.2) is 0 Å². The van der Waals surface area contributed by atoms with Crippen molar-refractivity contribution in [3.8, 4) is 22.3 Å². The van der Waals surface area contributed by atoms with Gasteiger partial charge in [0.1, 0.15) is 11.2 Å². The second-order valence-corrected chi connectivity index (χ2v) is 13.8. The summed E-state index contributed by atoms with van der Waals surface area (Å²) in [6, 6.07) is 59.6. The normalized spacial score (nSPS) is 13.3. The number of fused-ring (bicyclic) bond motifs is 9. The summed E-state index contributed by atoms with van der Waals surface area (Å²) in [6.45, 7) is 4.71. The van der Waals surface area contributed by atoms with Crippen LogP contribution in [0.3, 0.4) is 0 Å². The SMILES string of the molecule is CC1(C)c2ccccc2-c2ccc(N(c3ccc(-c4ccc5oc6ccccc6c5c4)cc3)c3cc4ccccc4c4ccccc34)cc21. The van der Waals surface area contributed by atoms with Crippen LogP contribution in [0.25, 0.3) is 65.7 Å². The fourth-order valence-electron chi connectivity index (χ4n) is 8.19. The molecule has 0 unspecified atom stereocenters. The van der Waals surface area contributed by atoms with Crippen LogP contribution in [0.15, 0.2) is 168 Å². The van der Waals surface area contributed by atoms with Gasteiger partial charge in [-0.1, -0.05) is 129 Å². The highest BCUT2D eigenvalue weighted by Gasteiger charge is 2.35. The number of hydrogen-bond acceptors (Lipinski definition) is 2. The van der Waals surface area contributed by atoms with Gasteiger partial charge in [0.05, 0.1) is 5.69 Å². The minimum absolute atomic E-state index is 0.0984. The predicted molar refractivity (Wildman–Crippen MR) is 206 cm³/mol. The second-order valence-electron chi connectivity index (χ2n) is 13.8. The van der Waals surface area contributed by atoms with Crippen molar-refractivity contribution in [1.29, 1.82) is 0 Å². The molecule has 1 aliphatic carbocycles. The quantitative estimate of drug-likeness (QED) is 0.181. The van der Waals surface area contributed by atoms with E-state index < -0.39 is 0 Å². The monoisotopic (exact) mass is 627 g/mol. The zero-order valence-electron chi connectivity index (χ0n) is 27.4. The van der Waals surface area contributed by atoms with Crippen molar-refractivity contribution < 1.29 is 4.42 Å². The van der Waals surface area contributed by atoms with Crippen LogP contribution < -0.4 is 4.90 Å². The van der Waals surface area contributed by atoms with Gasteiger partial charge in [0.15, 0.2) is 0 Å². The molecule has 49 heavy (non-hydrogen) atoms. The van der Waals surface area contributed by atoms with Crippen molar-refractivity contribution in [3.05, 3.63) is 175 Å². The van der Waals surface area contributed by atoms with Crippen molar-refractivity contribution in [1.82, 2.24) is 0 Å². The molecule has 2 heteroatoms. The van der Waals surface area contributed by atoms with Gasteiger partial charge < -0.3 is 9.32 Å². The van der Waals surface area contributed by atoms with Crippen molar-refractivity contribution in [2.75, 3.05) is 4.90 Å². The van der Waals surface area contributed by atoms with Gasteiger partial charge in [-0.2, -0.15) is 0 Å². The molecule has 1 heterocycles. The van der Waals surface area contributed by atoms with E-state index in [1.54, 1.807) is 0 Å². The molecule has 0 bridgehead atoms. The highest BCUT2D eigenvalue weighted by molar-refractivity contribution is 6.14. The molecule has 10 rings (SSSR count). The van der Waals surface area contributed by atoms with Crippen LogP contribution in [0, 0.1) is 0 Å². The molecule has 1 aromatic heterocycles. The Morgan fingerprint density at radius 3 is 1.92 bits per heavy atom. The summed E-state index contributed by atoms with van der Waals surface area (Å²) in [5.74, 6) is 0. The summed E-state index contributed by atoms with van der Waals surface area (Å²) in [5.41, 5.74) is 12.9. The molecule has 0 aliphatic heterocycles. The number of para-hydroxylation sites is 1. The summed E-state index contributed by atoms with van der Waals surface area (Å²) in [7, 11) is 0. The molecule has 232 valence electrons. The third kappa shape index (κ3) is 4.20. The Morgan fingerprint density at radius 1 is 0.429 bits per heavy atom. The molecule has 0 N–H and O–H groups in total. The van der Waals surface area contributed by atoms with Gasteiger partial charge in [0.2, 0.25) is 0 Å². The number of nitrogens with zero attached hydrogens (tertiary/aromatic N) is 1. The van der Waals surface area contributed by atoms with Crippen LogP contribution in [-0.2, 0) is 5.41 Å². The van der Waals surface area contributed by atoms with E-state index in [0.717, 1.165) is 33.3 Å². The van der Waals surface area contributed by atoms with Crippen LogP contribution in [0.5, 0.6) is 0 Å². The first-order valence-electron chi connectivity index (χ1n) is 17.0. The summed E-state index contributed by atoms with van der Waals surface area (Å²) < 4.78 is 6.12. The minimum atomic E-state index is -0.0984. The molecule has 0 saturated heterocycles. The maximum atomic E-state index is 6.12. The first kappa shape index (κ1) is 27.9. The number of anilines is 3. The smallest absolute Gasteiger partial charge is 0.135 e. The van der Waals surface area contributed by atoms with E-state index in [9.17, 15) is 0 Å². The predicted octanol–water partition coefficient (Wildman–Crippen LogP) is 13.3. The standard InChI is InChI=1S/C47H33NO/c1-47(2)42-17-9-7-14-37(42)38-25-24-34(29-43(38)47)48(44-28-32-11-3-4-12-35(32)36-13-5-6-15-39(36)44)33-22-19-30(20-23-33)31-21-26-46-41(27-31)40-16-8-10-18-45(40)49-46/h3-29H,1-2H3. The highest BCUT2D eigenvalue weighted by Crippen LogP contribution is 2.51. The van der Waals surface area contributed by atoms with Crippen molar-refractivity contribution in [2.24, 2.45) is 0 Å². The number of rotatable bonds is 4. The number of benzene rings is 8. The Labute approximate surface area is 285 Å². The van der Waals surface area contributed by atoms with E-state index in [0.29, 0.717) is 0 Å². The Balaban J connectivity index is 1.16. The zero-order valence-corrected chi connectivity index (χ0v) is 27.4. The Kier molecular flexibility index (Phi) is 5.95. The highest BCUT2D eigenvalue weighted by atomic mass is 16.3. The first-order chi connectivity index (χ1) is 24.0. The lowest BCUT2D eigenvalue weighted by molar-refractivity contribution is 0.660. The summed E-state index contributed by atoms with van der Waals surface area (Å²) in [4.78, 5) is 2.45. The molecule has 0 saturated carbocycles. The summed E-state index contributed by atoms with van der Waals surface area (Å²) in [6.07, 6.45) is 0. The lowest BCUT2D eigenvalue weighted by atomic mass is 9.82. The zero-order chi connectivity index (χ0) is 32.7. The van der Waals surface area contributed by atoms with E-state index in [4.69, 9.17) is 4.42 Å². The molecular weight excluding hydrogens is 595 g/mol. The lowest BCUT2D eigenvalue weighted by Crippen LogP contribution is -2.16. The van der Waals surface area contributed by atoms with Crippen LogP contribution in [0.2, 0.25) is 0 Å². The number of hydrogen-bond donors (Lipinski definition) is 0. The van der Waals surface area contributed by atoms with Crippen LogP contribution in [0.4, 0.5) is 17.1 Å². The number of furan rings is 1. The Morgan fingerprint density at radius 2 is 1.06 bits per heavy atom.